The zero-order chi connectivity index (χ0) is 13.1. The molecule has 1 saturated heterocycles. The first-order valence-electron chi connectivity index (χ1n) is 5.65. The zero-order valence-electron chi connectivity index (χ0n) is 9.96. The molecule has 1 fully saturated rings. The van der Waals surface area contributed by atoms with E-state index in [9.17, 15) is 10.1 Å². The number of piperazine rings is 1. The van der Waals surface area contributed by atoms with Crippen molar-refractivity contribution in [3.05, 3.63) is 27.9 Å². The third kappa shape index (κ3) is 2.38. The van der Waals surface area contributed by atoms with Crippen LogP contribution in [0.1, 0.15) is 12.6 Å². The molecular formula is C11H13N5O2. The average molecular weight is 247 g/mol. The summed E-state index contributed by atoms with van der Waals surface area (Å²) in [5.74, 6) is 0.616. The Hall–Kier alpha value is -2.20. The number of aromatic nitrogens is 1. The molecule has 0 aromatic carbocycles. The molecule has 7 heteroatoms. The molecule has 1 N–H and O–H groups in total. The first kappa shape index (κ1) is 12.3. The van der Waals surface area contributed by atoms with E-state index in [0.717, 1.165) is 19.6 Å². The fourth-order valence-corrected chi connectivity index (χ4v) is 1.99. The molecule has 0 saturated carbocycles. The Kier molecular flexibility index (Phi) is 3.39. The topological polar surface area (TPSA) is 95.1 Å². The molecule has 1 atom stereocenters. The molecule has 18 heavy (non-hydrogen) atoms. The van der Waals surface area contributed by atoms with E-state index in [4.69, 9.17) is 5.26 Å². The van der Waals surface area contributed by atoms with Gasteiger partial charge in [-0.15, -0.1) is 0 Å². The van der Waals surface area contributed by atoms with E-state index in [-0.39, 0.29) is 11.4 Å². The summed E-state index contributed by atoms with van der Waals surface area (Å²) in [6.07, 6.45) is 0. The monoisotopic (exact) mass is 247 g/mol. The van der Waals surface area contributed by atoms with Crippen LogP contribution in [-0.4, -0.2) is 35.6 Å². The summed E-state index contributed by atoms with van der Waals surface area (Å²) in [4.78, 5) is 16.2. The van der Waals surface area contributed by atoms with Crippen LogP contribution in [0.3, 0.4) is 0 Å². The Bertz CT molecular complexity index is 511. The molecular weight excluding hydrogens is 234 g/mol. The lowest BCUT2D eigenvalue weighted by atomic mass is 10.2. The molecule has 1 aromatic rings. The third-order valence-electron chi connectivity index (χ3n) is 2.85. The van der Waals surface area contributed by atoms with Crippen molar-refractivity contribution in [1.82, 2.24) is 10.3 Å². The summed E-state index contributed by atoms with van der Waals surface area (Å²) >= 11 is 0. The lowest BCUT2D eigenvalue weighted by molar-refractivity contribution is -0.385. The van der Waals surface area contributed by atoms with Crippen LogP contribution in [0.15, 0.2) is 12.1 Å². The largest absolute Gasteiger partial charge is 0.354 e. The van der Waals surface area contributed by atoms with Crippen molar-refractivity contribution in [1.29, 1.82) is 5.26 Å². The predicted molar refractivity (Wildman–Crippen MR) is 65.3 cm³/mol. The van der Waals surface area contributed by atoms with Gasteiger partial charge < -0.3 is 10.2 Å². The number of nitriles is 1. The first-order chi connectivity index (χ1) is 8.61. The lowest BCUT2D eigenvalue weighted by Gasteiger charge is -2.32. The minimum absolute atomic E-state index is 0.135. The maximum Gasteiger partial charge on any atom is 0.305 e. The number of nitrogens with zero attached hydrogens (tertiary/aromatic N) is 4. The van der Waals surface area contributed by atoms with Crippen molar-refractivity contribution in [3.8, 4) is 6.07 Å². The normalized spacial score (nSPS) is 19.3. The second-order valence-corrected chi connectivity index (χ2v) is 4.21. The second-order valence-electron chi connectivity index (χ2n) is 4.21. The van der Waals surface area contributed by atoms with Gasteiger partial charge in [0, 0.05) is 31.7 Å². The van der Waals surface area contributed by atoms with E-state index in [1.165, 1.54) is 6.07 Å². The van der Waals surface area contributed by atoms with Crippen molar-refractivity contribution >= 4 is 11.5 Å². The molecule has 1 aromatic heterocycles. The number of hydrogen-bond donors (Lipinski definition) is 1. The van der Waals surface area contributed by atoms with Gasteiger partial charge in [0.2, 0.25) is 5.69 Å². The smallest absolute Gasteiger partial charge is 0.305 e. The number of rotatable bonds is 2. The summed E-state index contributed by atoms with van der Waals surface area (Å²) in [5.41, 5.74) is -0.381. The van der Waals surface area contributed by atoms with E-state index < -0.39 is 4.92 Å². The van der Waals surface area contributed by atoms with Crippen LogP contribution in [-0.2, 0) is 0 Å². The quantitative estimate of drug-likeness (QED) is 0.609. The molecule has 0 amide bonds. The molecule has 2 heterocycles. The summed E-state index contributed by atoms with van der Waals surface area (Å²) < 4.78 is 0. The molecule has 7 nitrogen and oxygen atoms in total. The maximum atomic E-state index is 10.7. The van der Waals surface area contributed by atoms with Crippen LogP contribution >= 0.6 is 0 Å². The fourth-order valence-electron chi connectivity index (χ4n) is 1.99. The molecule has 2 rings (SSSR count). The summed E-state index contributed by atoms with van der Waals surface area (Å²) in [7, 11) is 0. The Balaban J connectivity index is 2.30. The minimum atomic E-state index is -0.588. The van der Waals surface area contributed by atoms with Crippen LogP contribution in [0.2, 0.25) is 0 Å². The van der Waals surface area contributed by atoms with E-state index in [1.807, 2.05) is 4.90 Å². The lowest BCUT2D eigenvalue weighted by Crippen LogP contribution is -2.49. The molecule has 0 spiro atoms. The highest BCUT2D eigenvalue weighted by atomic mass is 16.6. The van der Waals surface area contributed by atoms with Crippen LogP contribution in [0.25, 0.3) is 0 Å². The summed E-state index contributed by atoms with van der Waals surface area (Å²) in [5, 5.41) is 22.9. The highest BCUT2D eigenvalue weighted by Crippen LogP contribution is 2.21. The van der Waals surface area contributed by atoms with Gasteiger partial charge in [0.05, 0.1) is 4.92 Å². The van der Waals surface area contributed by atoms with Crippen LogP contribution < -0.4 is 10.2 Å². The van der Waals surface area contributed by atoms with Crippen molar-refractivity contribution in [2.24, 2.45) is 0 Å². The van der Waals surface area contributed by atoms with Gasteiger partial charge >= 0.3 is 5.69 Å². The standard InChI is InChI=1S/C11H13N5O2/c1-8-7-15(5-4-13-8)11-3-2-10(16(17)18)9(6-12)14-11/h2-3,8,13H,4-5,7H2,1H3/t8-/m1/s1. The van der Waals surface area contributed by atoms with Gasteiger partial charge in [-0.25, -0.2) is 4.98 Å². The molecule has 0 radical (unpaired) electrons. The molecule has 1 aliphatic heterocycles. The Morgan fingerprint density at radius 2 is 2.44 bits per heavy atom. The highest BCUT2D eigenvalue weighted by molar-refractivity contribution is 5.51. The van der Waals surface area contributed by atoms with Gasteiger partial charge in [-0.1, -0.05) is 0 Å². The summed E-state index contributed by atoms with van der Waals surface area (Å²) in [6, 6.07) is 5.04. The van der Waals surface area contributed by atoms with Crippen molar-refractivity contribution < 1.29 is 4.92 Å². The van der Waals surface area contributed by atoms with E-state index >= 15 is 0 Å². The van der Waals surface area contributed by atoms with Gasteiger partial charge in [-0.2, -0.15) is 5.26 Å². The van der Waals surface area contributed by atoms with Crippen LogP contribution in [0.4, 0.5) is 11.5 Å². The van der Waals surface area contributed by atoms with Crippen molar-refractivity contribution in [2.75, 3.05) is 24.5 Å². The van der Waals surface area contributed by atoms with Gasteiger partial charge in [0.25, 0.3) is 0 Å². The van der Waals surface area contributed by atoms with Gasteiger partial charge in [0.15, 0.2) is 0 Å². The number of nitro groups is 1. The van der Waals surface area contributed by atoms with E-state index in [1.54, 1.807) is 12.1 Å². The fraction of sp³-hybridized carbons (Fsp3) is 0.455. The van der Waals surface area contributed by atoms with E-state index in [2.05, 4.69) is 17.2 Å². The van der Waals surface area contributed by atoms with Gasteiger partial charge in [-0.3, -0.25) is 10.1 Å². The zero-order valence-corrected chi connectivity index (χ0v) is 9.96. The van der Waals surface area contributed by atoms with Crippen molar-refractivity contribution in [3.63, 3.8) is 0 Å². The third-order valence-corrected chi connectivity index (χ3v) is 2.85. The molecule has 94 valence electrons. The van der Waals surface area contributed by atoms with Crippen molar-refractivity contribution in [2.45, 2.75) is 13.0 Å². The van der Waals surface area contributed by atoms with Gasteiger partial charge in [0.1, 0.15) is 11.9 Å². The SMILES string of the molecule is C[C@@H]1CN(c2ccc([N+](=O)[O-])c(C#N)n2)CCN1. The number of nitrogens with one attached hydrogen (secondary N) is 1. The number of pyridine rings is 1. The first-order valence-corrected chi connectivity index (χ1v) is 5.65. The highest BCUT2D eigenvalue weighted by Gasteiger charge is 2.21. The van der Waals surface area contributed by atoms with Crippen LogP contribution in [0.5, 0.6) is 0 Å². The Morgan fingerprint density at radius 1 is 1.67 bits per heavy atom. The van der Waals surface area contributed by atoms with E-state index in [0.29, 0.717) is 11.9 Å². The Morgan fingerprint density at radius 3 is 3.06 bits per heavy atom. The van der Waals surface area contributed by atoms with Crippen LogP contribution in [0, 0.1) is 21.4 Å². The molecule has 0 unspecified atom stereocenters. The van der Waals surface area contributed by atoms with Gasteiger partial charge in [-0.05, 0) is 13.0 Å². The number of hydrogen-bond acceptors (Lipinski definition) is 6. The minimum Gasteiger partial charge on any atom is -0.354 e. The number of anilines is 1. The average Bonchev–Trinajstić information content (AvgIpc) is 2.37. The summed E-state index contributed by atoms with van der Waals surface area (Å²) in [6.45, 7) is 4.44. The predicted octanol–water partition coefficient (Wildman–Crippen LogP) is 0.660. The maximum absolute atomic E-state index is 10.7. The second kappa shape index (κ2) is 4.98. The molecule has 0 bridgehead atoms. The molecule has 1 aliphatic rings. The Labute approximate surface area is 104 Å². The molecule has 0 aliphatic carbocycles.